The molecule has 0 spiro atoms. The highest BCUT2D eigenvalue weighted by atomic mass is 16.5. The SMILES string of the molecule is CCCc1ncc(-c2cccc3c2=CCCC=3C2=CC=C(c3cnc(C4CCCN4C(=O)C(NC(=O)OC)C(C)C)[nH]3)CC2)[nH]1. The third kappa shape index (κ3) is 6.26. The van der Waals surface area contributed by atoms with Crippen LogP contribution in [-0.2, 0) is 16.0 Å². The quantitative estimate of drug-likeness (QED) is 0.304. The second kappa shape index (κ2) is 13.3. The van der Waals surface area contributed by atoms with Crippen LogP contribution in [0.2, 0.25) is 0 Å². The number of aryl methyl sites for hydroxylation is 1. The lowest BCUT2D eigenvalue weighted by molar-refractivity contribution is -0.135. The molecule has 2 amide bonds. The number of methoxy groups -OCH3 is 1. The molecule has 45 heavy (non-hydrogen) atoms. The zero-order valence-electron chi connectivity index (χ0n) is 26.8. The number of hydrogen-bond donors (Lipinski definition) is 3. The lowest BCUT2D eigenvalue weighted by atomic mass is 9.86. The summed E-state index contributed by atoms with van der Waals surface area (Å²) in [6.45, 7) is 6.67. The van der Waals surface area contributed by atoms with Crippen LogP contribution in [0, 0.1) is 5.92 Å². The number of likely N-dealkylation sites (tertiary alicyclic amines) is 1. The Labute approximate surface area is 264 Å². The number of carbonyl (C=O) groups is 2. The van der Waals surface area contributed by atoms with Gasteiger partial charge in [0, 0.05) is 18.5 Å². The number of nitrogens with one attached hydrogen (secondary N) is 3. The molecule has 1 aliphatic heterocycles. The van der Waals surface area contributed by atoms with Crippen molar-refractivity contribution in [2.45, 2.75) is 84.2 Å². The summed E-state index contributed by atoms with van der Waals surface area (Å²) in [6, 6.07) is 5.83. The Hall–Kier alpha value is -4.40. The van der Waals surface area contributed by atoms with Crippen molar-refractivity contribution < 1.29 is 14.3 Å². The van der Waals surface area contributed by atoms with Crippen molar-refractivity contribution in [3.05, 3.63) is 76.1 Å². The molecular formula is C36H44N6O3. The summed E-state index contributed by atoms with van der Waals surface area (Å²) in [5.41, 5.74) is 7.36. The van der Waals surface area contributed by atoms with Gasteiger partial charge in [-0.1, -0.05) is 57.2 Å². The Balaban J connectivity index is 1.23. The summed E-state index contributed by atoms with van der Waals surface area (Å²) in [7, 11) is 1.31. The molecular weight excluding hydrogens is 564 g/mol. The molecule has 0 bridgehead atoms. The maximum atomic E-state index is 13.5. The number of imidazole rings is 2. The van der Waals surface area contributed by atoms with E-state index in [2.05, 4.69) is 63.6 Å². The first-order valence-corrected chi connectivity index (χ1v) is 16.3. The van der Waals surface area contributed by atoms with Crippen molar-refractivity contribution in [2.24, 2.45) is 5.92 Å². The molecule has 236 valence electrons. The maximum Gasteiger partial charge on any atom is 0.407 e. The van der Waals surface area contributed by atoms with E-state index in [-0.39, 0.29) is 17.9 Å². The van der Waals surface area contributed by atoms with E-state index < -0.39 is 12.1 Å². The number of H-pyrrole nitrogens is 2. The van der Waals surface area contributed by atoms with Crippen LogP contribution in [0.1, 0.15) is 89.1 Å². The highest BCUT2D eigenvalue weighted by molar-refractivity contribution is 5.86. The summed E-state index contributed by atoms with van der Waals surface area (Å²) in [6.07, 6.45) is 17.9. The molecule has 2 unspecified atom stereocenters. The minimum Gasteiger partial charge on any atom is -0.453 e. The molecule has 0 saturated carbocycles. The highest BCUT2D eigenvalue weighted by Crippen LogP contribution is 2.35. The summed E-state index contributed by atoms with van der Waals surface area (Å²) in [5, 5.41) is 5.35. The Bertz CT molecular complexity index is 1760. The molecule has 1 saturated heterocycles. The fourth-order valence-electron chi connectivity index (χ4n) is 6.95. The van der Waals surface area contributed by atoms with Crippen LogP contribution in [0.4, 0.5) is 4.79 Å². The first kappa shape index (κ1) is 30.6. The molecule has 0 radical (unpaired) electrons. The summed E-state index contributed by atoms with van der Waals surface area (Å²) >= 11 is 0. The minimum absolute atomic E-state index is 0.0685. The van der Waals surface area contributed by atoms with Gasteiger partial charge in [-0.2, -0.15) is 0 Å². The van der Waals surface area contributed by atoms with Gasteiger partial charge in [0.05, 0.1) is 36.9 Å². The van der Waals surface area contributed by atoms with Gasteiger partial charge in [0.2, 0.25) is 5.91 Å². The number of aromatic nitrogens is 4. The molecule has 9 heteroatoms. The Morgan fingerprint density at radius 1 is 1.07 bits per heavy atom. The number of fused-ring (bicyclic) bond motifs is 1. The number of ether oxygens (including phenoxy) is 1. The van der Waals surface area contributed by atoms with Crippen molar-refractivity contribution in [3.63, 3.8) is 0 Å². The fraction of sp³-hybridized carbons (Fsp3) is 0.444. The van der Waals surface area contributed by atoms with Crippen LogP contribution >= 0.6 is 0 Å². The molecule has 2 atom stereocenters. The number of allylic oxidation sites excluding steroid dienone is 4. The fourth-order valence-corrected chi connectivity index (χ4v) is 6.95. The topological polar surface area (TPSA) is 116 Å². The number of hydrogen-bond acceptors (Lipinski definition) is 5. The number of carbonyl (C=O) groups excluding carboxylic acids is 2. The molecule has 9 nitrogen and oxygen atoms in total. The van der Waals surface area contributed by atoms with Gasteiger partial charge in [-0.05, 0) is 78.0 Å². The number of rotatable bonds is 9. The van der Waals surface area contributed by atoms with E-state index in [9.17, 15) is 9.59 Å². The maximum absolute atomic E-state index is 13.5. The van der Waals surface area contributed by atoms with Crippen molar-refractivity contribution in [1.82, 2.24) is 30.2 Å². The van der Waals surface area contributed by atoms with Crippen LogP contribution in [0.5, 0.6) is 0 Å². The first-order chi connectivity index (χ1) is 21.9. The second-order valence-electron chi connectivity index (χ2n) is 12.6. The molecule has 3 aromatic rings. The van der Waals surface area contributed by atoms with E-state index in [1.807, 2.05) is 31.1 Å². The number of amides is 2. The zero-order valence-corrected chi connectivity index (χ0v) is 26.8. The number of benzene rings is 1. The van der Waals surface area contributed by atoms with Crippen LogP contribution in [-0.4, -0.2) is 56.5 Å². The molecule has 3 N–H and O–H groups in total. The first-order valence-electron chi connectivity index (χ1n) is 16.3. The average Bonchev–Trinajstić information content (AvgIpc) is 3.84. The van der Waals surface area contributed by atoms with E-state index in [4.69, 9.17) is 9.72 Å². The smallest absolute Gasteiger partial charge is 0.407 e. The summed E-state index contributed by atoms with van der Waals surface area (Å²) in [5.74, 6) is 1.68. The van der Waals surface area contributed by atoms with Gasteiger partial charge in [-0.3, -0.25) is 4.79 Å². The van der Waals surface area contributed by atoms with Crippen molar-refractivity contribution >= 4 is 29.2 Å². The Morgan fingerprint density at radius 2 is 1.87 bits per heavy atom. The van der Waals surface area contributed by atoms with Gasteiger partial charge in [-0.15, -0.1) is 0 Å². The number of alkyl carbamates (subject to hydrolysis) is 1. The van der Waals surface area contributed by atoms with Gasteiger partial charge in [0.1, 0.15) is 17.7 Å². The standard InChI is InChI=1S/C36H44N6O3/c1-5-9-32-37-21-30(39-32)28-13-7-11-26-25(10-6-12-27(26)28)23-15-17-24(18-16-23)29-20-38-34(40-29)31-14-8-19-42(31)35(43)33(22(2)3)41-36(44)45-4/h7,11-13,15,17,20-22,31,33H,5-6,8-10,14,16,18-19H2,1-4H3,(H,37,39)(H,38,40)(H,41,44). The lowest BCUT2D eigenvalue weighted by Gasteiger charge is -2.30. The van der Waals surface area contributed by atoms with Crippen LogP contribution in [0.3, 0.4) is 0 Å². The number of nitrogens with zero attached hydrogens (tertiary/aromatic N) is 3. The number of aromatic amines is 2. The normalized spacial score (nSPS) is 18.6. The monoisotopic (exact) mass is 608 g/mol. The molecule has 3 aliphatic rings. The molecule has 6 rings (SSSR count). The third-order valence-electron chi connectivity index (χ3n) is 9.30. The van der Waals surface area contributed by atoms with E-state index in [0.717, 1.165) is 74.4 Å². The Kier molecular flexibility index (Phi) is 9.05. The van der Waals surface area contributed by atoms with Gasteiger partial charge in [0.25, 0.3) is 0 Å². The summed E-state index contributed by atoms with van der Waals surface area (Å²) < 4.78 is 4.76. The lowest BCUT2D eigenvalue weighted by Crippen LogP contribution is -2.51. The van der Waals surface area contributed by atoms with Crippen molar-refractivity contribution in [1.29, 1.82) is 0 Å². The molecule has 3 heterocycles. The average molecular weight is 609 g/mol. The molecule has 2 aromatic heterocycles. The van der Waals surface area contributed by atoms with Crippen LogP contribution in [0.25, 0.3) is 28.5 Å². The van der Waals surface area contributed by atoms with Crippen LogP contribution in [0.15, 0.2) is 48.3 Å². The zero-order chi connectivity index (χ0) is 31.5. The predicted octanol–water partition coefficient (Wildman–Crippen LogP) is 5.33. The van der Waals surface area contributed by atoms with Gasteiger partial charge in [0.15, 0.2) is 0 Å². The predicted molar refractivity (Wildman–Crippen MR) is 176 cm³/mol. The second-order valence-corrected chi connectivity index (χ2v) is 12.6. The molecule has 1 aromatic carbocycles. The highest BCUT2D eigenvalue weighted by Gasteiger charge is 2.37. The molecule has 2 aliphatic carbocycles. The van der Waals surface area contributed by atoms with Crippen molar-refractivity contribution in [3.8, 4) is 11.3 Å². The summed E-state index contributed by atoms with van der Waals surface area (Å²) in [4.78, 5) is 43.7. The van der Waals surface area contributed by atoms with Crippen LogP contribution < -0.4 is 15.8 Å². The largest absolute Gasteiger partial charge is 0.453 e. The van der Waals surface area contributed by atoms with Crippen molar-refractivity contribution in [2.75, 3.05) is 13.7 Å². The van der Waals surface area contributed by atoms with Gasteiger partial charge < -0.3 is 24.9 Å². The van der Waals surface area contributed by atoms with E-state index >= 15 is 0 Å². The van der Waals surface area contributed by atoms with E-state index in [1.54, 1.807) is 0 Å². The van der Waals surface area contributed by atoms with Gasteiger partial charge in [-0.25, -0.2) is 14.8 Å². The minimum atomic E-state index is -0.647. The molecule has 1 fully saturated rings. The van der Waals surface area contributed by atoms with Gasteiger partial charge >= 0.3 is 6.09 Å². The Morgan fingerprint density at radius 3 is 2.62 bits per heavy atom. The van der Waals surface area contributed by atoms with E-state index in [0.29, 0.717) is 6.54 Å². The third-order valence-corrected chi connectivity index (χ3v) is 9.30. The van der Waals surface area contributed by atoms with E-state index in [1.165, 1.54) is 39.8 Å².